The topological polar surface area (TPSA) is 85.0 Å². The molecule has 1 aliphatic heterocycles. The van der Waals surface area contributed by atoms with Gasteiger partial charge < -0.3 is 10.3 Å². The minimum Gasteiger partial charge on any atom is -0.350 e. The molecule has 0 fully saturated rings. The fourth-order valence-corrected chi connectivity index (χ4v) is 3.42. The van der Waals surface area contributed by atoms with Crippen LogP contribution in [0.1, 0.15) is 16.6 Å². The summed E-state index contributed by atoms with van der Waals surface area (Å²) in [6.45, 7) is 0. The third kappa shape index (κ3) is 2.24. The van der Waals surface area contributed by atoms with Gasteiger partial charge in [-0.25, -0.2) is 4.79 Å². The van der Waals surface area contributed by atoms with Crippen molar-refractivity contribution in [3.05, 3.63) is 48.0 Å². The molecule has 0 spiro atoms. The third-order valence-corrected chi connectivity index (χ3v) is 4.20. The largest absolute Gasteiger partial charge is 0.350 e. The zero-order valence-corrected chi connectivity index (χ0v) is 10.9. The van der Waals surface area contributed by atoms with Crippen molar-refractivity contribution < 1.29 is 4.79 Å². The summed E-state index contributed by atoms with van der Waals surface area (Å²) >= 11 is 1.82. The molecule has 0 saturated heterocycles. The van der Waals surface area contributed by atoms with Gasteiger partial charge in [-0.1, -0.05) is 6.07 Å². The number of rotatable bonds is 3. The normalized spacial score (nSPS) is 16.9. The molecule has 0 radical (unpaired) electrons. The first-order chi connectivity index (χ1) is 9.25. The lowest BCUT2D eigenvalue weighted by Gasteiger charge is -2.12. The van der Waals surface area contributed by atoms with E-state index in [1.807, 2.05) is 36.3 Å². The van der Waals surface area contributed by atoms with Gasteiger partial charge >= 0.3 is 6.03 Å². The van der Waals surface area contributed by atoms with E-state index in [4.69, 9.17) is 5.73 Å². The van der Waals surface area contributed by atoms with Gasteiger partial charge in [0.15, 0.2) is 0 Å². The zero-order valence-electron chi connectivity index (χ0n) is 10.0. The van der Waals surface area contributed by atoms with Crippen LogP contribution in [0.25, 0.3) is 0 Å². The average Bonchev–Trinajstić information content (AvgIpc) is 2.98. The number of anilines is 1. The average molecular weight is 275 g/mol. The number of hydrogen-bond donors (Lipinski definition) is 3. The van der Waals surface area contributed by atoms with Gasteiger partial charge in [0.25, 0.3) is 0 Å². The van der Waals surface area contributed by atoms with Crippen LogP contribution >= 0.6 is 11.8 Å². The van der Waals surface area contributed by atoms with Crippen molar-refractivity contribution >= 4 is 23.5 Å². The highest BCUT2D eigenvalue weighted by molar-refractivity contribution is 7.99. The molecule has 0 aromatic carbocycles. The highest BCUT2D eigenvalue weighted by Crippen LogP contribution is 2.43. The number of fused-ring (bicyclic) bond motifs is 1. The lowest BCUT2D eigenvalue weighted by molar-refractivity contribution is 0.250. The summed E-state index contributed by atoms with van der Waals surface area (Å²) in [5.41, 5.74) is 13.4. The van der Waals surface area contributed by atoms with Crippen LogP contribution in [0.15, 0.2) is 36.8 Å². The summed E-state index contributed by atoms with van der Waals surface area (Å²) in [7, 11) is 0. The van der Waals surface area contributed by atoms with Gasteiger partial charge in [0, 0.05) is 29.9 Å². The van der Waals surface area contributed by atoms with E-state index in [1.54, 1.807) is 6.20 Å². The second-order valence-electron chi connectivity index (χ2n) is 4.15. The summed E-state index contributed by atoms with van der Waals surface area (Å²) in [6, 6.07) is 5.32. The molecule has 2 aromatic heterocycles. The van der Waals surface area contributed by atoms with E-state index in [0.29, 0.717) is 0 Å². The number of thioether (sulfide) groups is 1. The summed E-state index contributed by atoms with van der Waals surface area (Å²) < 4.78 is 2.17. The molecule has 2 amide bonds. The van der Waals surface area contributed by atoms with Gasteiger partial charge in [-0.3, -0.25) is 15.8 Å². The number of hydrogen-bond acceptors (Lipinski definition) is 4. The number of pyridine rings is 1. The van der Waals surface area contributed by atoms with E-state index in [1.165, 1.54) is 0 Å². The summed E-state index contributed by atoms with van der Waals surface area (Å²) in [5, 5.41) is 0.229. The highest BCUT2D eigenvalue weighted by Gasteiger charge is 2.26. The van der Waals surface area contributed by atoms with Gasteiger partial charge in [0.05, 0.1) is 11.4 Å². The molecule has 1 aliphatic rings. The van der Waals surface area contributed by atoms with Gasteiger partial charge in [0.1, 0.15) is 5.37 Å². The van der Waals surface area contributed by atoms with Crippen LogP contribution in [-0.4, -0.2) is 15.6 Å². The van der Waals surface area contributed by atoms with Crippen molar-refractivity contribution in [3.63, 3.8) is 0 Å². The molecule has 98 valence electrons. The second-order valence-corrected chi connectivity index (χ2v) is 5.22. The molecule has 4 N–H and O–H groups in total. The maximum atomic E-state index is 10.7. The van der Waals surface area contributed by atoms with E-state index < -0.39 is 6.03 Å². The predicted octanol–water partition coefficient (Wildman–Crippen LogP) is 1.67. The molecule has 2 aromatic rings. The van der Waals surface area contributed by atoms with Crippen LogP contribution in [0.3, 0.4) is 0 Å². The first kappa shape index (κ1) is 11.9. The molecule has 0 saturated carbocycles. The van der Waals surface area contributed by atoms with Crippen molar-refractivity contribution in [3.8, 4) is 0 Å². The Morgan fingerprint density at radius 1 is 1.53 bits per heavy atom. The first-order valence-electron chi connectivity index (χ1n) is 5.78. The predicted molar refractivity (Wildman–Crippen MR) is 74.4 cm³/mol. The van der Waals surface area contributed by atoms with Gasteiger partial charge in [0.2, 0.25) is 0 Å². The minimum absolute atomic E-state index is 0.229. The molecule has 1 unspecified atom stereocenters. The van der Waals surface area contributed by atoms with Crippen LogP contribution in [0.2, 0.25) is 0 Å². The lowest BCUT2D eigenvalue weighted by atomic mass is 10.3. The lowest BCUT2D eigenvalue weighted by Crippen LogP contribution is -2.34. The Hall–Kier alpha value is -2.15. The molecule has 3 heterocycles. The number of hydrazine groups is 1. The van der Waals surface area contributed by atoms with E-state index >= 15 is 0 Å². The molecule has 7 heteroatoms. The number of carbonyl (C=O) groups excluding carboxylic acids is 1. The van der Waals surface area contributed by atoms with Crippen molar-refractivity contribution in [1.82, 2.24) is 15.0 Å². The highest BCUT2D eigenvalue weighted by atomic mass is 32.2. The van der Waals surface area contributed by atoms with Gasteiger partial charge in [-0.05, 0) is 12.1 Å². The Bertz CT molecular complexity index is 597. The standard InChI is InChI=1S/C12H13N5OS/c13-12(18)16-15-9-3-5-17-10(9)7-19-11(17)8-2-1-4-14-6-8/h1-6,11,15H,7H2,(H3,13,16,18). The number of nitrogens with one attached hydrogen (secondary N) is 2. The van der Waals surface area contributed by atoms with Gasteiger partial charge in [-0.2, -0.15) is 0 Å². The summed E-state index contributed by atoms with van der Waals surface area (Å²) in [5.74, 6) is 0.870. The number of aromatic nitrogens is 2. The second kappa shape index (κ2) is 4.85. The summed E-state index contributed by atoms with van der Waals surface area (Å²) in [4.78, 5) is 14.9. The molecular weight excluding hydrogens is 262 g/mol. The SMILES string of the molecule is NC(=O)NNc1ccn2c1CSC2c1cccnc1. The zero-order chi connectivity index (χ0) is 13.2. The van der Waals surface area contributed by atoms with Crippen LogP contribution in [-0.2, 0) is 5.75 Å². The number of primary amides is 1. The Labute approximate surface area is 114 Å². The number of urea groups is 1. The minimum atomic E-state index is -0.602. The molecule has 0 aliphatic carbocycles. The van der Waals surface area contributed by atoms with Crippen LogP contribution in [0.5, 0.6) is 0 Å². The first-order valence-corrected chi connectivity index (χ1v) is 6.83. The van der Waals surface area contributed by atoms with Crippen molar-refractivity contribution in [1.29, 1.82) is 0 Å². The Kier molecular flexibility index (Phi) is 3.04. The molecule has 3 rings (SSSR count). The fourth-order valence-electron chi connectivity index (χ4n) is 2.11. The number of nitrogens with two attached hydrogens (primary N) is 1. The fraction of sp³-hybridized carbons (Fsp3) is 0.167. The van der Waals surface area contributed by atoms with Gasteiger partial charge in [-0.15, -0.1) is 11.8 Å². The number of amides is 2. The Morgan fingerprint density at radius 2 is 2.42 bits per heavy atom. The van der Waals surface area contributed by atoms with Crippen LogP contribution in [0.4, 0.5) is 10.5 Å². The van der Waals surface area contributed by atoms with E-state index in [2.05, 4.69) is 26.5 Å². The molecule has 1 atom stereocenters. The quantitative estimate of drug-likeness (QED) is 0.744. The van der Waals surface area contributed by atoms with Crippen molar-refractivity contribution in [2.45, 2.75) is 11.1 Å². The Balaban J connectivity index is 1.84. The van der Waals surface area contributed by atoms with E-state index in [-0.39, 0.29) is 5.37 Å². The van der Waals surface area contributed by atoms with E-state index in [0.717, 1.165) is 22.7 Å². The van der Waals surface area contributed by atoms with Crippen LogP contribution < -0.4 is 16.6 Å². The third-order valence-electron chi connectivity index (χ3n) is 2.94. The van der Waals surface area contributed by atoms with Crippen molar-refractivity contribution in [2.75, 3.05) is 5.43 Å². The van der Waals surface area contributed by atoms with E-state index in [9.17, 15) is 4.79 Å². The Morgan fingerprint density at radius 3 is 3.16 bits per heavy atom. The number of nitrogens with zero attached hydrogens (tertiary/aromatic N) is 2. The summed E-state index contributed by atoms with van der Waals surface area (Å²) in [6.07, 6.45) is 5.64. The molecular formula is C12H13N5OS. The van der Waals surface area contributed by atoms with Crippen molar-refractivity contribution in [2.24, 2.45) is 5.73 Å². The van der Waals surface area contributed by atoms with Crippen LogP contribution in [0, 0.1) is 0 Å². The maximum absolute atomic E-state index is 10.7. The number of carbonyl (C=O) groups is 1. The molecule has 6 nitrogen and oxygen atoms in total. The monoisotopic (exact) mass is 275 g/mol. The molecule has 0 bridgehead atoms. The molecule has 19 heavy (non-hydrogen) atoms. The smallest absolute Gasteiger partial charge is 0.330 e. The maximum Gasteiger partial charge on any atom is 0.330 e.